The average Bonchev–Trinajstić information content (AvgIpc) is 2.85. The van der Waals surface area contributed by atoms with Gasteiger partial charge in [-0.25, -0.2) is 9.78 Å². The number of ether oxygens (including phenoxy) is 3. The number of nitrogens with zero attached hydrogens (tertiary/aromatic N) is 2. The second-order valence-electron chi connectivity index (χ2n) is 6.43. The molecule has 0 aliphatic carbocycles. The molecule has 1 aromatic carbocycles. The first-order valence-electron chi connectivity index (χ1n) is 8.65. The average molecular weight is 421 g/mol. The molecule has 0 spiro atoms. The summed E-state index contributed by atoms with van der Waals surface area (Å²) in [7, 11) is 1.62. The van der Waals surface area contributed by atoms with Gasteiger partial charge in [-0.05, 0) is 30.2 Å². The third-order valence-corrected chi connectivity index (χ3v) is 5.89. The van der Waals surface area contributed by atoms with Crippen molar-refractivity contribution in [2.75, 3.05) is 13.2 Å². The topological polar surface area (TPSA) is 79.7 Å². The van der Waals surface area contributed by atoms with Gasteiger partial charge in [-0.1, -0.05) is 11.6 Å². The highest BCUT2D eigenvalue weighted by molar-refractivity contribution is 7.20. The highest BCUT2D eigenvalue weighted by Crippen LogP contribution is 2.38. The van der Waals surface area contributed by atoms with E-state index in [1.807, 2.05) is 0 Å². The Morgan fingerprint density at radius 3 is 2.96 bits per heavy atom. The molecule has 0 radical (unpaired) electrons. The minimum Gasteiger partial charge on any atom is -0.489 e. The van der Waals surface area contributed by atoms with Crippen LogP contribution in [0.4, 0.5) is 0 Å². The molecule has 0 bridgehead atoms. The number of aryl methyl sites for hydroxylation is 2. The predicted molar refractivity (Wildman–Crippen MR) is 106 cm³/mol. The predicted octanol–water partition coefficient (Wildman–Crippen LogP) is 3.48. The minimum absolute atomic E-state index is 0.0221. The van der Waals surface area contributed by atoms with Crippen LogP contribution in [0.3, 0.4) is 0 Å². The Kier molecular flexibility index (Phi) is 4.99. The number of aromatic nitrogens is 2. The number of benzene rings is 1. The van der Waals surface area contributed by atoms with Crippen molar-refractivity contribution in [3.63, 3.8) is 0 Å². The van der Waals surface area contributed by atoms with Gasteiger partial charge in [0, 0.05) is 13.5 Å². The van der Waals surface area contributed by atoms with E-state index >= 15 is 0 Å². The van der Waals surface area contributed by atoms with Crippen LogP contribution in [0.1, 0.15) is 27.2 Å². The SMILES string of the molecule is Cc1c(C(=O)OCc2cc(Cl)c3c(c2)OCCCO3)sc2ncn(C)c(=O)c12. The number of thiophene rings is 1. The van der Waals surface area contributed by atoms with Crippen molar-refractivity contribution in [2.45, 2.75) is 20.0 Å². The van der Waals surface area contributed by atoms with Gasteiger partial charge in [0.05, 0.1) is 29.9 Å². The lowest BCUT2D eigenvalue weighted by Gasteiger charge is -2.11. The van der Waals surface area contributed by atoms with E-state index in [9.17, 15) is 9.59 Å². The van der Waals surface area contributed by atoms with Crippen molar-refractivity contribution in [3.8, 4) is 11.5 Å². The van der Waals surface area contributed by atoms with E-state index in [4.69, 9.17) is 25.8 Å². The van der Waals surface area contributed by atoms with E-state index in [2.05, 4.69) is 4.98 Å². The molecule has 3 aromatic rings. The number of rotatable bonds is 3. The maximum atomic E-state index is 12.6. The summed E-state index contributed by atoms with van der Waals surface area (Å²) in [4.78, 5) is 30.0. The first-order chi connectivity index (χ1) is 13.5. The summed E-state index contributed by atoms with van der Waals surface area (Å²) < 4.78 is 18.1. The Hall–Kier alpha value is -2.58. The van der Waals surface area contributed by atoms with Gasteiger partial charge in [-0.15, -0.1) is 11.3 Å². The van der Waals surface area contributed by atoms with Crippen molar-refractivity contribution in [3.05, 3.63) is 49.8 Å². The van der Waals surface area contributed by atoms with Gasteiger partial charge in [0.1, 0.15) is 16.3 Å². The van der Waals surface area contributed by atoms with Crippen molar-refractivity contribution in [2.24, 2.45) is 7.05 Å². The monoisotopic (exact) mass is 420 g/mol. The molecule has 9 heteroatoms. The van der Waals surface area contributed by atoms with Crippen LogP contribution in [-0.4, -0.2) is 28.7 Å². The van der Waals surface area contributed by atoms with Crippen molar-refractivity contribution in [1.29, 1.82) is 0 Å². The van der Waals surface area contributed by atoms with E-state index < -0.39 is 5.97 Å². The van der Waals surface area contributed by atoms with Crippen LogP contribution in [0.2, 0.25) is 5.02 Å². The van der Waals surface area contributed by atoms with Gasteiger partial charge in [-0.3, -0.25) is 4.79 Å². The molecule has 0 fully saturated rings. The molecule has 3 heterocycles. The van der Waals surface area contributed by atoms with E-state index in [1.165, 1.54) is 10.9 Å². The van der Waals surface area contributed by atoms with Crippen LogP contribution >= 0.6 is 22.9 Å². The fourth-order valence-electron chi connectivity index (χ4n) is 2.99. The Balaban J connectivity index is 1.57. The summed E-state index contributed by atoms with van der Waals surface area (Å²) in [5.41, 5.74) is 1.08. The Labute approximate surface area is 169 Å². The van der Waals surface area contributed by atoms with Gasteiger partial charge >= 0.3 is 5.97 Å². The van der Waals surface area contributed by atoms with Crippen LogP contribution in [0.5, 0.6) is 11.5 Å². The standard InChI is InChI=1S/C19H17ClN2O5S/c1-10-14-17(21-9-22(2)18(14)23)28-16(10)19(24)27-8-11-6-12(20)15-13(7-11)25-4-3-5-26-15/h6-7,9H,3-5,8H2,1-2H3. The third-order valence-electron chi connectivity index (χ3n) is 4.43. The zero-order valence-electron chi connectivity index (χ0n) is 15.3. The maximum absolute atomic E-state index is 12.6. The number of halogens is 1. The molecule has 7 nitrogen and oxygen atoms in total. The maximum Gasteiger partial charge on any atom is 0.349 e. The van der Waals surface area contributed by atoms with Gasteiger partial charge < -0.3 is 18.8 Å². The molecule has 1 aliphatic rings. The molecule has 0 N–H and O–H groups in total. The molecule has 0 unspecified atom stereocenters. The fraction of sp³-hybridized carbons (Fsp3) is 0.316. The number of carbonyl (C=O) groups is 1. The first kappa shape index (κ1) is 18.8. The van der Waals surface area contributed by atoms with Crippen molar-refractivity contribution in [1.82, 2.24) is 9.55 Å². The van der Waals surface area contributed by atoms with Crippen molar-refractivity contribution < 1.29 is 19.0 Å². The molecule has 2 aromatic heterocycles. The smallest absolute Gasteiger partial charge is 0.349 e. The van der Waals surface area contributed by atoms with Crippen LogP contribution in [0.15, 0.2) is 23.3 Å². The first-order valence-corrected chi connectivity index (χ1v) is 9.85. The molecular weight excluding hydrogens is 404 g/mol. The molecule has 28 heavy (non-hydrogen) atoms. The second kappa shape index (κ2) is 7.44. The summed E-state index contributed by atoms with van der Waals surface area (Å²) >= 11 is 7.42. The summed E-state index contributed by atoms with van der Waals surface area (Å²) in [5.74, 6) is 0.545. The number of hydrogen-bond acceptors (Lipinski definition) is 7. The number of carbonyl (C=O) groups excluding carboxylic acids is 1. The van der Waals surface area contributed by atoms with Gasteiger partial charge in [0.15, 0.2) is 11.5 Å². The largest absolute Gasteiger partial charge is 0.489 e. The molecule has 1 aliphatic heterocycles. The van der Waals surface area contributed by atoms with Crippen LogP contribution < -0.4 is 15.0 Å². The van der Waals surface area contributed by atoms with Gasteiger partial charge in [0.25, 0.3) is 5.56 Å². The Morgan fingerprint density at radius 2 is 2.14 bits per heavy atom. The minimum atomic E-state index is -0.509. The van der Waals surface area contributed by atoms with E-state index in [0.717, 1.165) is 17.8 Å². The van der Waals surface area contributed by atoms with Crippen LogP contribution in [-0.2, 0) is 18.4 Å². The normalized spacial score (nSPS) is 13.4. The fourth-order valence-corrected chi connectivity index (χ4v) is 4.31. The molecule has 4 rings (SSSR count). The number of hydrogen-bond donors (Lipinski definition) is 0. The second-order valence-corrected chi connectivity index (χ2v) is 7.83. The summed E-state index contributed by atoms with van der Waals surface area (Å²) in [5, 5.41) is 0.858. The van der Waals surface area contributed by atoms with E-state index in [-0.39, 0.29) is 12.2 Å². The van der Waals surface area contributed by atoms with Gasteiger partial charge in [0.2, 0.25) is 0 Å². The lowest BCUT2D eigenvalue weighted by atomic mass is 10.2. The Morgan fingerprint density at radius 1 is 1.36 bits per heavy atom. The molecule has 146 valence electrons. The van der Waals surface area contributed by atoms with Crippen LogP contribution in [0.25, 0.3) is 10.2 Å². The molecular formula is C19H17ClN2O5S. The quantitative estimate of drug-likeness (QED) is 0.603. The summed E-state index contributed by atoms with van der Waals surface area (Å²) in [6.07, 6.45) is 2.21. The zero-order chi connectivity index (χ0) is 19.8. The summed E-state index contributed by atoms with van der Waals surface area (Å²) in [6.45, 7) is 2.83. The lowest BCUT2D eigenvalue weighted by Crippen LogP contribution is -2.16. The number of fused-ring (bicyclic) bond motifs is 2. The molecule has 0 saturated carbocycles. The highest BCUT2D eigenvalue weighted by atomic mass is 35.5. The van der Waals surface area contributed by atoms with Gasteiger partial charge in [-0.2, -0.15) is 0 Å². The molecule has 0 saturated heterocycles. The Bertz CT molecular complexity index is 1140. The third kappa shape index (κ3) is 3.33. The summed E-state index contributed by atoms with van der Waals surface area (Å²) in [6, 6.07) is 3.45. The number of esters is 1. The van der Waals surface area contributed by atoms with Crippen LogP contribution in [0, 0.1) is 6.92 Å². The lowest BCUT2D eigenvalue weighted by molar-refractivity contribution is 0.0477. The van der Waals surface area contributed by atoms with Crippen molar-refractivity contribution >= 4 is 39.1 Å². The van der Waals surface area contributed by atoms with E-state index in [1.54, 1.807) is 26.1 Å². The highest BCUT2D eigenvalue weighted by Gasteiger charge is 2.21. The zero-order valence-corrected chi connectivity index (χ0v) is 16.9. The van der Waals surface area contributed by atoms with E-state index in [0.29, 0.717) is 56.0 Å². The molecule has 0 amide bonds. The molecule has 0 atom stereocenters.